The number of hydrogen-bond acceptors (Lipinski definition) is 7. The second-order valence-corrected chi connectivity index (χ2v) is 8.79. The number of hydrogen-bond donors (Lipinski definition) is 2. The molecule has 1 heterocycles. The van der Waals surface area contributed by atoms with Gasteiger partial charge in [-0.25, -0.2) is 0 Å². The van der Waals surface area contributed by atoms with Gasteiger partial charge in [-0.3, -0.25) is 9.59 Å². The third-order valence-electron chi connectivity index (χ3n) is 4.93. The summed E-state index contributed by atoms with van der Waals surface area (Å²) in [5.41, 5.74) is 2.79. The van der Waals surface area contributed by atoms with Crippen molar-refractivity contribution in [1.82, 2.24) is 5.32 Å². The lowest BCUT2D eigenvalue weighted by Gasteiger charge is -2.14. The zero-order valence-corrected chi connectivity index (χ0v) is 19.5. The number of nitrogens with zero attached hydrogens (tertiary/aromatic N) is 2. The summed E-state index contributed by atoms with van der Waals surface area (Å²) < 4.78 is 12.1. The van der Waals surface area contributed by atoms with Gasteiger partial charge in [-0.2, -0.15) is 5.10 Å². The van der Waals surface area contributed by atoms with Crippen molar-refractivity contribution in [2.24, 2.45) is 10.2 Å². The molecule has 0 aliphatic carbocycles. The maximum Gasteiger partial charge on any atom is 0.305 e. The van der Waals surface area contributed by atoms with Crippen LogP contribution in [0.25, 0.3) is 0 Å². The van der Waals surface area contributed by atoms with Crippen LogP contribution < -0.4 is 14.8 Å². The van der Waals surface area contributed by atoms with Crippen molar-refractivity contribution in [2.75, 3.05) is 0 Å². The van der Waals surface area contributed by atoms with Crippen molar-refractivity contribution in [3.8, 4) is 11.5 Å². The SMILES string of the molecule is O=C(O)C[C@H]1S/C(=N\N=C/c2ccc(OCc3ccccc3)c(OCc3ccccc3)c2)NC1=O. The minimum atomic E-state index is -1.04. The first-order valence-corrected chi connectivity index (χ1v) is 11.7. The van der Waals surface area contributed by atoms with Gasteiger partial charge in [0.05, 0.1) is 12.6 Å². The first-order valence-electron chi connectivity index (χ1n) is 10.8. The topological polar surface area (TPSA) is 110 Å². The third kappa shape index (κ3) is 7.18. The van der Waals surface area contributed by atoms with Crippen molar-refractivity contribution in [2.45, 2.75) is 24.9 Å². The molecule has 3 aromatic rings. The van der Waals surface area contributed by atoms with E-state index in [1.165, 1.54) is 6.21 Å². The molecule has 4 rings (SSSR count). The Morgan fingerprint density at radius 1 is 0.943 bits per heavy atom. The Hall–Kier alpha value is -4.11. The maximum absolute atomic E-state index is 11.8. The average Bonchev–Trinajstić information content (AvgIpc) is 3.21. The quantitative estimate of drug-likeness (QED) is 0.326. The van der Waals surface area contributed by atoms with Crippen LogP contribution in [0.5, 0.6) is 11.5 Å². The Labute approximate surface area is 206 Å². The molecule has 35 heavy (non-hydrogen) atoms. The van der Waals surface area contributed by atoms with Gasteiger partial charge >= 0.3 is 5.97 Å². The number of thioether (sulfide) groups is 1. The van der Waals surface area contributed by atoms with Gasteiger partial charge in [-0.1, -0.05) is 72.4 Å². The van der Waals surface area contributed by atoms with Crippen molar-refractivity contribution in [1.29, 1.82) is 0 Å². The van der Waals surface area contributed by atoms with E-state index in [1.807, 2.05) is 72.8 Å². The molecule has 3 aromatic carbocycles. The molecular weight excluding hydrogens is 466 g/mol. The highest BCUT2D eigenvalue weighted by Gasteiger charge is 2.32. The minimum absolute atomic E-state index is 0.265. The van der Waals surface area contributed by atoms with Gasteiger partial charge < -0.3 is 19.9 Å². The number of benzene rings is 3. The van der Waals surface area contributed by atoms with E-state index >= 15 is 0 Å². The van der Waals surface area contributed by atoms with Gasteiger partial charge in [-0.15, -0.1) is 5.10 Å². The van der Waals surface area contributed by atoms with E-state index in [0.717, 1.165) is 28.5 Å². The zero-order chi connectivity index (χ0) is 24.5. The number of carbonyl (C=O) groups excluding carboxylic acids is 1. The molecule has 0 aromatic heterocycles. The van der Waals surface area contributed by atoms with E-state index in [1.54, 1.807) is 6.07 Å². The normalized spacial score (nSPS) is 16.4. The second kappa shape index (κ2) is 11.8. The van der Waals surface area contributed by atoms with Crippen molar-refractivity contribution >= 4 is 35.0 Å². The van der Waals surface area contributed by atoms with Crippen LogP contribution in [-0.2, 0) is 22.8 Å². The number of carboxylic acids is 1. The standard InChI is InChI=1S/C26H23N3O5S/c30-24(31)14-23-25(32)28-26(35-23)29-27-15-20-11-12-21(33-16-18-7-3-1-4-8-18)22(13-20)34-17-19-9-5-2-6-10-19/h1-13,15,23H,14,16-17H2,(H,30,31)(H,28,29,32)/b27-15-/t23-/m1/s1. The molecule has 1 fully saturated rings. The Kier molecular flexibility index (Phi) is 8.13. The molecular formula is C26H23N3O5S. The zero-order valence-electron chi connectivity index (χ0n) is 18.7. The molecule has 1 aliphatic heterocycles. The summed E-state index contributed by atoms with van der Waals surface area (Å²) in [5.74, 6) is -0.266. The molecule has 9 heteroatoms. The Morgan fingerprint density at radius 3 is 2.20 bits per heavy atom. The van der Waals surface area contributed by atoms with Crippen LogP contribution in [0, 0.1) is 0 Å². The number of amides is 1. The fourth-order valence-corrected chi connectivity index (χ4v) is 4.12. The molecule has 178 valence electrons. The molecule has 1 saturated heterocycles. The van der Waals surface area contributed by atoms with Gasteiger partial charge in [0.2, 0.25) is 5.91 Å². The molecule has 0 saturated carbocycles. The van der Waals surface area contributed by atoms with E-state index < -0.39 is 11.2 Å². The van der Waals surface area contributed by atoms with Crippen LogP contribution >= 0.6 is 11.8 Å². The van der Waals surface area contributed by atoms with E-state index in [9.17, 15) is 9.59 Å². The lowest BCUT2D eigenvalue weighted by molar-refractivity contribution is -0.138. The monoisotopic (exact) mass is 489 g/mol. The first-order chi connectivity index (χ1) is 17.1. The number of rotatable bonds is 10. The molecule has 1 amide bonds. The molecule has 0 radical (unpaired) electrons. The summed E-state index contributed by atoms with van der Waals surface area (Å²) >= 11 is 1.05. The van der Waals surface area contributed by atoms with E-state index in [0.29, 0.717) is 24.7 Å². The third-order valence-corrected chi connectivity index (χ3v) is 6.01. The van der Waals surface area contributed by atoms with Gasteiger partial charge in [0.1, 0.15) is 18.5 Å². The van der Waals surface area contributed by atoms with E-state index in [2.05, 4.69) is 15.5 Å². The fraction of sp³-hybridized carbons (Fsp3) is 0.154. The van der Waals surface area contributed by atoms with Crippen molar-refractivity contribution < 1.29 is 24.2 Å². The van der Waals surface area contributed by atoms with Crippen LogP contribution in [-0.4, -0.2) is 33.6 Å². The van der Waals surface area contributed by atoms with Crippen LogP contribution in [0.15, 0.2) is 89.1 Å². The highest BCUT2D eigenvalue weighted by molar-refractivity contribution is 8.15. The van der Waals surface area contributed by atoms with E-state index in [-0.39, 0.29) is 17.5 Å². The summed E-state index contributed by atoms with van der Waals surface area (Å²) in [6, 6.07) is 25.1. The van der Waals surface area contributed by atoms with Gasteiger partial charge in [-0.05, 0) is 34.9 Å². The number of amidine groups is 1. The lowest BCUT2D eigenvalue weighted by atomic mass is 10.2. The molecule has 2 N–H and O–H groups in total. The summed E-state index contributed by atoms with van der Waals surface area (Å²) in [7, 11) is 0. The average molecular weight is 490 g/mol. The summed E-state index contributed by atoms with van der Waals surface area (Å²) in [6.45, 7) is 0.775. The van der Waals surface area contributed by atoms with Gasteiger partial charge in [0.15, 0.2) is 16.7 Å². The van der Waals surface area contributed by atoms with Crippen LogP contribution in [0.1, 0.15) is 23.1 Å². The molecule has 0 spiro atoms. The Balaban J connectivity index is 1.47. The second-order valence-electron chi connectivity index (χ2n) is 7.60. The molecule has 0 unspecified atom stereocenters. The van der Waals surface area contributed by atoms with Gasteiger partial charge in [0.25, 0.3) is 0 Å². The predicted octanol–water partition coefficient (Wildman–Crippen LogP) is 4.24. The Morgan fingerprint density at radius 2 is 1.57 bits per heavy atom. The molecule has 1 atom stereocenters. The van der Waals surface area contributed by atoms with Crippen molar-refractivity contribution in [3.05, 3.63) is 95.6 Å². The Bertz CT molecular complexity index is 1230. The summed E-state index contributed by atoms with van der Waals surface area (Å²) in [4.78, 5) is 22.7. The largest absolute Gasteiger partial charge is 0.485 e. The van der Waals surface area contributed by atoms with Crippen LogP contribution in [0.3, 0.4) is 0 Å². The number of nitrogens with one attached hydrogen (secondary N) is 1. The van der Waals surface area contributed by atoms with Crippen molar-refractivity contribution in [3.63, 3.8) is 0 Å². The summed E-state index contributed by atoms with van der Waals surface area (Å²) in [6.07, 6.45) is 1.26. The maximum atomic E-state index is 11.8. The van der Waals surface area contributed by atoms with Crippen LogP contribution in [0.2, 0.25) is 0 Å². The number of carboxylic acid groups (broad SMARTS) is 1. The fourth-order valence-electron chi connectivity index (χ4n) is 3.20. The smallest absolute Gasteiger partial charge is 0.305 e. The minimum Gasteiger partial charge on any atom is -0.485 e. The summed E-state index contributed by atoms with van der Waals surface area (Å²) in [5, 5.41) is 19.0. The van der Waals surface area contributed by atoms with Crippen LogP contribution in [0.4, 0.5) is 0 Å². The van der Waals surface area contributed by atoms with Gasteiger partial charge in [0, 0.05) is 0 Å². The predicted molar refractivity (Wildman–Crippen MR) is 135 cm³/mol. The number of aliphatic carboxylic acids is 1. The number of ether oxygens (including phenoxy) is 2. The first kappa shape index (κ1) is 24.0. The molecule has 1 aliphatic rings. The molecule has 8 nitrogen and oxygen atoms in total. The highest BCUT2D eigenvalue weighted by Crippen LogP contribution is 2.30. The molecule has 0 bridgehead atoms. The highest BCUT2D eigenvalue weighted by atomic mass is 32.2. The lowest BCUT2D eigenvalue weighted by Crippen LogP contribution is -2.26. The van der Waals surface area contributed by atoms with E-state index in [4.69, 9.17) is 14.6 Å². The number of carbonyl (C=O) groups is 2.